The molecule has 3 N–H and O–H groups in total. The lowest BCUT2D eigenvalue weighted by Gasteiger charge is -2.11. The number of carbonyl (C=O) groups excluding carboxylic acids is 1. The Kier molecular flexibility index (Phi) is 6.52. The second-order valence-corrected chi connectivity index (χ2v) is 4.74. The Balaban J connectivity index is 2.37. The van der Waals surface area contributed by atoms with E-state index in [1.165, 1.54) is 6.07 Å². The van der Waals surface area contributed by atoms with Crippen LogP contribution in [0.3, 0.4) is 0 Å². The van der Waals surface area contributed by atoms with E-state index in [0.717, 1.165) is 19.4 Å². The molecule has 1 aromatic rings. The van der Waals surface area contributed by atoms with Gasteiger partial charge in [-0.15, -0.1) is 0 Å². The van der Waals surface area contributed by atoms with Crippen molar-refractivity contribution < 1.29 is 14.7 Å². The van der Waals surface area contributed by atoms with E-state index in [0.29, 0.717) is 12.2 Å². The van der Waals surface area contributed by atoms with Gasteiger partial charge in [0.05, 0.1) is 11.3 Å². The van der Waals surface area contributed by atoms with Crippen LogP contribution in [0.1, 0.15) is 23.2 Å². The number of carbonyl (C=O) groups is 2. The fraction of sp³-hybridized carbons (Fsp3) is 0.429. The standard InChI is InChI=1S/C14H21N3O3/c1-17(2)10-6-5-9-15-14(20)16-12-8-4-3-7-11(12)13(18)19/h3-4,7-8H,5-6,9-10H2,1-2H3,(H,18,19)(H2,15,16,20). The highest BCUT2D eigenvalue weighted by Crippen LogP contribution is 2.14. The molecule has 0 fully saturated rings. The minimum atomic E-state index is -1.06. The Hall–Kier alpha value is -2.08. The molecular weight excluding hydrogens is 258 g/mol. The number of rotatable bonds is 7. The molecule has 0 spiro atoms. The van der Waals surface area contributed by atoms with Gasteiger partial charge in [0.15, 0.2) is 0 Å². The van der Waals surface area contributed by atoms with E-state index in [2.05, 4.69) is 15.5 Å². The number of aromatic carboxylic acids is 1. The van der Waals surface area contributed by atoms with E-state index in [1.807, 2.05) is 14.1 Å². The number of carboxylic acids is 1. The number of nitrogens with zero attached hydrogens (tertiary/aromatic N) is 1. The summed E-state index contributed by atoms with van der Waals surface area (Å²) in [5.41, 5.74) is 0.376. The van der Waals surface area contributed by atoms with Gasteiger partial charge in [0.1, 0.15) is 0 Å². The van der Waals surface area contributed by atoms with Crippen molar-refractivity contribution in [1.82, 2.24) is 10.2 Å². The first-order chi connectivity index (χ1) is 9.50. The van der Waals surface area contributed by atoms with Gasteiger partial charge in [-0.25, -0.2) is 9.59 Å². The molecule has 6 nitrogen and oxygen atoms in total. The van der Waals surface area contributed by atoms with Crippen molar-refractivity contribution in [2.45, 2.75) is 12.8 Å². The van der Waals surface area contributed by atoms with E-state index >= 15 is 0 Å². The third-order valence-corrected chi connectivity index (χ3v) is 2.72. The van der Waals surface area contributed by atoms with Crippen LogP contribution in [0.25, 0.3) is 0 Å². The Bertz CT molecular complexity index is 461. The largest absolute Gasteiger partial charge is 0.478 e. The summed E-state index contributed by atoms with van der Waals surface area (Å²) in [6.45, 7) is 1.54. The third-order valence-electron chi connectivity index (χ3n) is 2.72. The number of nitrogens with one attached hydrogen (secondary N) is 2. The van der Waals surface area contributed by atoms with Crippen molar-refractivity contribution in [3.63, 3.8) is 0 Å². The summed E-state index contributed by atoms with van der Waals surface area (Å²) >= 11 is 0. The number of urea groups is 1. The van der Waals surface area contributed by atoms with E-state index in [9.17, 15) is 9.59 Å². The first-order valence-corrected chi connectivity index (χ1v) is 6.52. The summed E-state index contributed by atoms with van der Waals surface area (Å²) in [6, 6.07) is 5.93. The molecule has 0 radical (unpaired) electrons. The van der Waals surface area contributed by atoms with Gasteiger partial charge < -0.3 is 20.6 Å². The Morgan fingerprint density at radius 1 is 1.20 bits per heavy atom. The van der Waals surface area contributed by atoms with Crippen molar-refractivity contribution >= 4 is 17.7 Å². The fourth-order valence-electron chi connectivity index (χ4n) is 1.70. The van der Waals surface area contributed by atoms with Crippen LogP contribution in [0.5, 0.6) is 0 Å². The molecule has 1 aromatic carbocycles. The van der Waals surface area contributed by atoms with Crippen molar-refractivity contribution in [2.75, 3.05) is 32.5 Å². The number of unbranched alkanes of at least 4 members (excludes halogenated alkanes) is 1. The molecule has 0 saturated heterocycles. The SMILES string of the molecule is CN(C)CCCCNC(=O)Nc1ccccc1C(=O)O. The summed E-state index contributed by atoms with van der Waals surface area (Å²) < 4.78 is 0. The predicted octanol–water partition coefficient (Wildman–Crippen LogP) is 1.85. The molecule has 1 rings (SSSR count). The minimum Gasteiger partial charge on any atom is -0.478 e. The number of amides is 2. The molecule has 0 unspecified atom stereocenters. The number of hydrogen-bond donors (Lipinski definition) is 3. The lowest BCUT2D eigenvalue weighted by molar-refractivity contribution is 0.0698. The molecule has 0 saturated carbocycles. The molecule has 0 heterocycles. The van der Waals surface area contributed by atoms with Crippen LogP contribution in [0.2, 0.25) is 0 Å². The monoisotopic (exact) mass is 279 g/mol. The zero-order valence-corrected chi connectivity index (χ0v) is 11.8. The van der Waals surface area contributed by atoms with Gasteiger partial charge in [0, 0.05) is 6.54 Å². The van der Waals surface area contributed by atoms with Crippen LogP contribution in [0.15, 0.2) is 24.3 Å². The smallest absolute Gasteiger partial charge is 0.337 e. The summed E-state index contributed by atoms with van der Waals surface area (Å²) in [5, 5.41) is 14.3. The quantitative estimate of drug-likeness (QED) is 0.665. The number of hydrogen-bond acceptors (Lipinski definition) is 3. The molecule has 2 amide bonds. The van der Waals surface area contributed by atoms with Gasteiger partial charge in [-0.1, -0.05) is 12.1 Å². The van der Waals surface area contributed by atoms with Crippen LogP contribution in [-0.4, -0.2) is 49.2 Å². The molecular formula is C14H21N3O3. The van der Waals surface area contributed by atoms with E-state index in [1.54, 1.807) is 18.2 Å². The van der Waals surface area contributed by atoms with Gasteiger partial charge in [-0.3, -0.25) is 0 Å². The first-order valence-electron chi connectivity index (χ1n) is 6.52. The van der Waals surface area contributed by atoms with Crippen molar-refractivity contribution in [3.8, 4) is 0 Å². The van der Waals surface area contributed by atoms with E-state index in [-0.39, 0.29) is 11.6 Å². The maximum atomic E-state index is 11.7. The fourth-order valence-corrected chi connectivity index (χ4v) is 1.70. The van der Waals surface area contributed by atoms with Gasteiger partial charge in [0.25, 0.3) is 0 Å². The zero-order valence-electron chi connectivity index (χ0n) is 11.8. The lowest BCUT2D eigenvalue weighted by Crippen LogP contribution is -2.30. The molecule has 0 aliphatic carbocycles. The van der Waals surface area contributed by atoms with Crippen LogP contribution in [0.4, 0.5) is 10.5 Å². The first kappa shape index (κ1) is 16.0. The summed E-state index contributed by atoms with van der Waals surface area (Å²) in [5.74, 6) is -1.06. The normalized spacial score (nSPS) is 10.3. The average Bonchev–Trinajstić information content (AvgIpc) is 2.38. The van der Waals surface area contributed by atoms with Crippen molar-refractivity contribution in [2.24, 2.45) is 0 Å². The van der Waals surface area contributed by atoms with Crippen LogP contribution in [0, 0.1) is 0 Å². The Morgan fingerprint density at radius 2 is 1.90 bits per heavy atom. The lowest BCUT2D eigenvalue weighted by atomic mass is 10.2. The molecule has 0 aromatic heterocycles. The minimum absolute atomic E-state index is 0.0789. The average molecular weight is 279 g/mol. The third kappa shape index (κ3) is 5.71. The maximum absolute atomic E-state index is 11.7. The topological polar surface area (TPSA) is 81.7 Å². The predicted molar refractivity (Wildman–Crippen MR) is 78.2 cm³/mol. The van der Waals surface area contributed by atoms with Crippen LogP contribution in [-0.2, 0) is 0 Å². The Morgan fingerprint density at radius 3 is 2.55 bits per heavy atom. The van der Waals surface area contributed by atoms with Gasteiger partial charge in [0.2, 0.25) is 0 Å². The highest BCUT2D eigenvalue weighted by atomic mass is 16.4. The summed E-state index contributed by atoms with van der Waals surface area (Å²) in [7, 11) is 4.01. The van der Waals surface area contributed by atoms with Gasteiger partial charge in [-0.05, 0) is 45.6 Å². The highest BCUT2D eigenvalue weighted by Gasteiger charge is 2.10. The molecule has 0 aliphatic rings. The number of benzene rings is 1. The second-order valence-electron chi connectivity index (χ2n) is 4.74. The van der Waals surface area contributed by atoms with E-state index < -0.39 is 5.97 Å². The molecule has 20 heavy (non-hydrogen) atoms. The summed E-state index contributed by atoms with van der Waals surface area (Å²) in [4.78, 5) is 24.7. The van der Waals surface area contributed by atoms with Crippen molar-refractivity contribution in [1.29, 1.82) is 0 Å². The second kappa shape index (κ2) is 8.16. The van der Waals surface area contributed by atoms with Gasteiger partial charge in [-0.2, -0.15) is 0 Å². The van der Waals surface area contributed by atoms with Crippen LogP contribution >= 0.6 is 0 Å². The number of anilines is 1. The van der Waals surface area contributed by atoms with Crippen LogP contribution < -0.4 is 10.6 Å². The molecule has 0 atom stereocenters. The van der Waals surface area contributed by atoms with Crippen molar-refractivity contribution in [3.05, 3.63) is 29.8 Å². The molecule has 6 heteroatoms. The number of para-hydroxylation sites is 1. The Labute approximate surface area is 118 Å². The highest BCUT2D eigenvalue weighted by molar-refractivity contribution is 5.99. The maximum Gasteiger partial charge on any atom is 0.337 e. The van der Waals surface area contributed by atoms with E-state index in [4.69, 9.17) is 5.11 Å². The molecule has 0 bridgehead atoms. The van der Waals surface area contributed by atoms with Gasteiger partial charge >= 0.3 is 12.0 Å². The molecule has 110 valence electrons. The zero-order chi connectivity index (χ0) is 15.0. The summed E-state index contributed by atoms with van der Waals surface area (Å²) in [6.07, 6.45) is 1.88. The number of carboxylic acid groups (broad SMARTS) is 1. The molecule has 0 aliphatic heterocycles.